The highest BCUT2D eigenvalue weighted by molar-refractivity contribution is 5.73. The van der Waals surface area contributed by atoms with Crippen molar-refractivity contribution in [1.82, 2.24) is 10.3 Å². The van der Waals surface area contributed by atoms with Crippen molar-refractivity contribution in [2.24, 2.45) is 0 Å². The molecule has 6 nitrogen and oxygen atoms in total. The zero-order chi connectivity index (χ0) is 15.5. The van der Waals surface area contributed by atoms with Crippen molar-refractivity contribution in [2.45, 2.75) is 39.3 Å². The number of hydrogen-bond acceptors (Lipinski definition) is 5. The maximum atomic E-state index is 11.6. The first-order valence-corrected chi connectivity index (χ1v) is 6.79. The van der Waals surface area contributed by atoms with Gasteiger partial charge in [-0.05, 0) is 39.8 Å². The fourth-order valence-electron chi connectivity index (χ4n) is 1.70. The number of carbonyl (C=O) groups is 1. The maximum absolute atomic E-state index is 11.6. The molecule has 0 fully saturated rings. The van der Waals surface area contributed by atoms with Crippen LogP contribution in [0.4, 0.5) is 4.79 Å². The Kier molecular flexibility index (Phi) is 4.35. The van der Waals surface area contributed by atoms with Crippen LogP contribution in [0.25, 0.3) is 11.1 Å². The van der Waals surface area contributed by atoms with Crippen LogP contribution in [0.15, 0.2) is 29.0 Å². The van der Waals surface area contributed by atoms with Crippen LogP contribution in [0.2, 0.25) is 0 Å². The molecule has 0 spiro atoms. The molecule has 114 valence electrons. The Morgan fingerprint density at radius 1 is 1.43 bits per heavy atom. The van der Waals surface area contributed by atoms with Crippen LogP contribution in [0.3, 0.4) is 0 Å². The Labute approximate surface area is 123 Å². The molecule has 1 heterocycles. The van der Waals surface area contributed by atoms with E-state index in [-0.39, 0.29) is 6.04 Å². The van der Waals surface area contributed by atoms with Crippen molar-refractivity contribution in [3.63, 3.8) is 0 Å². The number of amides is 1. The van der Waals surface area contributed by atoms with Gasteiger partial charge in [0.15, 0.2) is 12.0 Å². The molecule has 1 atom stereocenters. The van der Waals surface area contributed by atoms with E-state index in [1.54, 1.807) is 6.07 Å². The summed E-state index contributed by atoms with van der Waals surface area (Å²) in [6.45, 7) is 7.64. The average molecular weight is 292 g/mol. The first-order valence-electron chi connectivity index (χ1n) is 6.79. The largest absolute Gasteiger partial charge is 0.491 e. The molecule has 0 saturated carbocycles. The van der Waals surface area contributed by atoms with Gasteiger partial charge in [0.25, 0.3) is 0 Å². The number of rotatable bonds is 4. The first kappa shape index (κ1) is 15.2. The summed E-state index contributed by atoms with van der Waals surface area (Å²) >= 11 is 0. The lowest BCUT2D eigenvalue weighted by molar-refractivity contribution is 0.0494. The fourth-order valence-corrected chi connectivity index (χ4v) is 1.70. The maximum Gasteiger partial charge on any atom is 0.407 e. The lowest BCUT2D eigenvalue weighted by Crippen LogP contribution is -2.40. The zero-order valence-corrected chi connectivity index (χ0v) is 12.7. The van der Waals surface area contributed by atoms with E-state index in [4.69, 9.17) is 13.9 Å². The molecule has 0 bridgehead atoms. The molecular formula is C15H20N2O4. The molecule has 0 aliphatic carbocycles. The number of carbonyl (C=O) groups excluding carboxylic acids is 1. The highest BCUT2D eigenvalue weighted by Gasteiger charge is 2.17. The highest BCUT2D eigenvalue weighted by atomic mass is 16.6. The van der Waals surface area contributed by atoms with Gasteiger partial charge in [-0.1, -0.05) is 0 Å². The lowest BCUT2D eigenvalue weighted by atomic mass is 10.2. The van der Waals surface area contributed by atoms with Gasteiger partial charge < -0.3 is 19.2 Å². The number of ether oxygens (including phenoxy) is 2. The predicted octanol–water partition coefficient (Wildman–Crippen LogP) is 3.12. The number of aromatic nitrogens is 1. The van der Waals surface area contributed by atoms with E-state index in [0.717, 1.165) is 5.52 Å². The van der Waals surface area contributed by atoms with Gasteiger partial charge in [-0.25, -0.2) is 9.78 Å². The van der Waals surface area contributed by atoms with E-state index < -0.39 is 11.7 Å². The zero-order valence-electron chi connectivity index (χ0n) is 12.7. The molecule has 2 aromatic rings. The first-order chi connectivity index (χ1) is 9.83. The Bertz CT molecular complexity index is 615. The van der Waals surface area contributed by atoms with Crippen molar-refractivity contribution in [1.29, 1.82) is 0 Å². The molecule has 1 aromatic heterocycles. The normalized spacial score (nSPS) is 13.0. The number of alkyl carbamates (subject to hydrolysis) is 1. The second-order valence-corrected chi connectivity index (χ2v) is 5.84. The topological polar surface area (TPSA) is 73.6 Å². The second kappa shape index (κ2) is 6.03. The Morgan fingerprint density at radius 3 is 2.90 bits per heavy atom. The molecule has 1 aromatic carbocycles. The van der Waals surface area contributed by atoms with E-state index in [1.807, 2.05) is 39.8 Å². The third kappa shape index (κ3) is 4.66. The number of benzene rings is 1. The van der Waals surface area contributed by atoms with Crippen molar-refractivity contribution in [3.8, 4) is 5.75 Å². The van der Waals surface area contributed by atoms with E-state index in [2.05, 4.69) is 10.3 Å². The number of fused-ring (bicyclic) bond motifs is 1. The SMILES string of the molecule is C[C@@H](COc1ccc2ncoc2c1)NC(=O)OC(C)(C)C. The van der Waals surface area contributed by atoms with E-state index in [9.17, 15) is 4.79 Å². The number of hydrogen-bond donors (Lipinski definition) is 1. The molecule has 0 saturated heterocycles. The van der Waals surface area contributed by atoms with Crippen molar-refractivity contribution in [3.05, 3.63) is 24.6 Å². The summed E-state index contributed by atoms with van der Waals surface area (Å²) in [5.74, 6) is 0.664. The van der Waals surface area contributed by atoms with Crippen molar-refractivity contribution >= 4 is 17.2 Å². The molecule has 0 unspecified atom stereocenters. The molecule has 0 radical (unpaired) electrons. The monoisotopic (exact) mass is 292 g/mol. The summed E-state index contributed by atoms with van der Waals surface area (Å²) in [4.78, 5) is 15.6. The minimum Gasteiger partial charge on any atom is -0.491 e. The summed E-state index contributed by atoms with van der Waals surface area (Å²) < 4.78 is 16.0. The number of oxazole rings is 1. The minimum atomic E-state index is -0.512. The van der Waals surface area contributed by atoms with Gasteiger partial charge in [-0.2, -0.15) is 0 Å². The van der Waals surface area contributed by atoms with Crippen LogP contribution < -0.4 is 10.1 Å². The molecule has 6 heteroatoms. The molecule has 0 aliphatic heterocycles. The summed E-state index contributed by atoms with van der Waals surface area (Å²) in [5.41, 5.74) is 0.935. The summed E-state index contributed by atoms with van der Waals surface area (Å²) in [6.07, 6.45) is 0.936. The number of nitrogens with zero attached hydrogens (tertiary/aromatic N) is 1. The lowest BCUT2D eigenvalue weighted by Gasteiger charge is -2.22. The predicted molar refractivity (Wildman–Crippen MR) is 78.3 cm³/mol. The van der Waals surface area contributed by atoms with Gasteiger partial charge in [0.1, 0.15) is 23.5 Å². The van der Waals surface area contributed by atoms with Gasteiger partial charge in [-0.3, -0.25) is 0 Å². The Balaban J connectivity index is 1.83. The molecule has 2 rings (SSSR count). The van der Waals surface area contributed by atoms with Crippen molar-refractivity contribution < 1.29 is 18.7 Å². The Morgan fingerprint density at radius 2 is 2.19 bits per heavy atom. The van der Waals surface area contributed by atoms with Crippen LogP contribution in [-0.2, 0) is 4.74 Å². The van der Waals surface area contributed by atoms with Gasteiger partial charge in [0, 0.05) is 6.07 Å². The third-order valence-corrected chi connectivity index (χ3v) is 2.57. The van der Waals surface area contributed by atoms with Gasteiger partial charge in [0.05, 0.1) is 6.04 Å². The third-order valence-electron chi connectivity index (χ3n) is 2.57. The van der Waals surface area contributed by atoms with Crippen LogP contribution in [0.5, 0.6) is 5.75 Å². The molecule has 1 N–H and O–H groups in total. The summed E-state index contributed by atoms with van der Waals surface area (Å²) in [6, 6.07) is 5.22. The summed E-state index contributed by atoms with van der Waals surface area (Å²) in [7, 11) is 0. The fraction of sp³-hybridized carbons (Fsp3) is 0.467. The standard InChI is InChI=1S/C15H20N2O4/c1-10(17-14(18)21-15(2,3)4)8-19-11-5-6-12-13(7-11)20-9-16-12/h5-7,9-10H,8H2,1-4H3,(H,17,18)/t10-/m0/s1. The van der Waals surface area contributed by atoms with Crippen LogP contribution in [-0.4, -0.2) is 29.3 Å². The van der Waals surface area contributed by atoms with Gasteiger partial charge >= 0.3 is 6.09 Å². The van der Waals surface area contributed by atoms with Gasteiger partial charge in [-0.15, -0.1) is 0 Å². The molecular weight excluding hydrogens is 272 g/mol. The Hall–Kier alpha value is -2.24. The van der Waals surface area contributed by atoms with Crippen LogP contribution in [0.1, 0.15) is 27.7 Å². The average Bonchev–Trinajstić information content (AvgIpc) is 2.81. The molecule has 21 heavy (non-hydrogen) atoms. The number of nitrogens with one attached hydrogen (secondary N) is 1. The molecule has 1 amide bonds. The highest BCUT2D eigenvalue weighted by Crippen LogP contribution is 2.19. The smallest absolute Gasteiger partial charge is 0.407 e. The van der Waals surface area contributed by atoms with E-state index in [0.29, 0.717) is 17.9 Å². The van der Waals surface area contributed by atoms with Gasteiger partial charge in [0.2, 0.25) is 0 Å². The van der Waals surface area contributed by atoms with E-state index >= 15 is 0 Å². The quantitative estimate of drug-likeness (QED) is 0.937. The van der Waals surface area contributed by atoms with Crippen molar-refractivity contribution in [2.75, 3.05) is 6.61 Å². The van der Waals surface area contributed by atoms with E-state index in [1.165, 1.54) is 6.39 Å². The molecule has 0 aliphatic rings. The minimum absolute atomic E-state index is 0.176. The summed E-state index contributed by atoms with van der Waals surface area (Å²) in [5, 5.41) is 2.72. The van der Waals surface area contributed by atoms with Crippen LogP contribution in [0, 0.1) is 0 Å². The van der Waals surface area contributed by atoms with Crippen LogP contribution >= 0.6 is 0 Å². The second-order valence-electron chi connectivity index (χ2n) is 5.84.